The fraction of sp³-hybridized carbons (Fsp3) is 0.316. The molecule has 0 radical (unpaired) electrons. The van der Waals surface area contributed by atoms with Crippen molar-refractivity contribution in [3.05, 3.63) is 65.5 Å². The number of nitrogens with zero attached hydrogens (tertiary/aromatic N) is 1. The van der Waals surface area contributed by atoms with Gasteiger partial charge in [-0.1, -0.05) is 37.3 Å². The SMILES string of the molecule is CC1CC(C)(C)N(C(=O)c2ccccc2F)c2ccccc21. The van der Waals surface area contributed by atoms with Crippen molar-refractivity contribution in [3.8, 4) is 0 Å². The summed E-state index contributed by atoms with van der Waals surface area (Å²) in [6.45, 7) is 6.25. The molecule has 0 spiro atoms. The van der Waals surface area contributed by atoms with Crippen molar-refractivity contribution in [1.29, 1.82) is 0 Å². The van der Waals surface area contributed by atoms with Gasteiger partial charge in [0.2, 0.25) is 0 Å². The van der Waals surface area contributed by atoms with Crippen LogP contribution in [0.4, 0.5) is 10.1 Å². The minimum atomic E-state index is -0.473. The van der Waals surface area contributed by atoms with E-state index in [1.165, 1.54) is 6.07 Å². The summed E-state index contributed by atoms with van der Waals surface area (Å²) >= 11 is 0. The van der Waals surface area contributed by atoms with Crippen LogP contribution in [0, 0.1) is 5.82 Å². The van der Waals surface area contributed by atoms with E-state index in [1.54, 1.807) is 23.1 Å². The highest BCUT2D eigenvalue weighted by Gasteiger charge is 2.40. The molecule has 1 aliphatic rings. The van der Waals surface area contributed by atoms with E-state index in [4.69, 9.17) is 0 Å². The first-order valence-corrected chi connectivity index (χ1v) is 7.60. The van der Waals surface area contributed by atoms with Gasteiger partial charge in [0.05, 0.1) is 5.56 Å². The summed E-state index contributed by atoms with van der Waals surface area (Å²) in [6, 6.07) is 14.1. The van der Waals surface area contributed by atoms with Crippen molar-refractivity contribution in [2.45, 2.75) is 38.6 Å². The highest BCUT2D eigenvalue weighted by Crippen LogP contribution is 2.43. The molecule has 0 saturated carbocycles. The van der Waals surface area contributed by atoms with E-state index < -0.39 is 5.82 Å². The molecule has 114 valence electrons. The van der Waals surface area contributed by atoms with Crippen molar-refractivity contribution >= 4 is 11.6 Å². The minimum absolute atomic E-state index is 0.125. The van der Waals surface area contributed by atoms with E-state index in [0.29, 0.717) is 5.92 Å². The number of benzene rings is 2. The molecule has 1 unspecified atom stereocenters. The van der Waals surface area contributed by atoms with Crippen molar-refractivity contribution in [3.63, 3.8) is 0 Å². The molecule has 3 rings (SSSR count). The third-order valence-corrected chi connectivity index (χ3v) is 4.43. The van der Waals surface area contributed by atoms with E-state index in [1.807, 2.05) is 32.0 Å². The predicted octanol–water partition coefficient (Wildman–Crippen LogP) is 4.76. The Hall–Kier alpha value is -2.16. The van der Waals surface area contributed by atoms with Crippen LogP contribution in [0.1, 0.15) is 49.0 Å². The Morgan fingerprint density at radius 3 is 2.50 bits per heavy atom. The summed E-state index contributed by atoms with van der Waals surface area (Å²) in [6.07, 6.45) is 0.851. The maximum Gasteiger partial charge on any atom is 0.261 e. The van der Waals surface area contributed by atoms with Crippen molar-refractivity contribution in [1.82, 2.24) is 0 Å². The summed E-state index contributed by atoms with van der Waals surface area (Å²) in [5.41, 5.74) is 1.80. The lowest BCUT2D eigenvalue weighted by Crippen LogP contribution is -2.51. The molecule has 2 nitrogen and oxygen atoms in total. The number of carbonyl (C=O) groups excluding carboxylic acids is 1. The largest absolute Gasteiger partial charge is 0.302 e. The average Bonchev–Trinajstić information content (AvgIpc) is 2.46. The summed E-state index contributed by atoms with van der Waals surface area (Å²) in [4.78, 5) is 14.7. The lowest BCUT2D eigenvalue weighted by Gasteiger charge is -2.46. The van der Waals surface area contributed by atoms with Crippen LogP contribution in [0.2, 0.25) is 0 Å². The van der Waals surface area contributed by atoms with Crippen LogP contribution in [0.15, 0.2) is 48.5 Å². The Bertz CT molecular complexity index is 723. The van der Waals surface area contributed by atoms with Crippen LogP contribution in [0.5, 0.6) is 0 Å². The fourth-order valence-corrected chi connectivity index (χ4v) is 3.52. The molecule has 0 saturated heterocycles. The first-order chi connectivity index (χ1) is 10.4. The lowest BCUT2D eigenvalue weighted by molar-refractivity contribution is 0.0950. The number of fused-ring (bicyclic) bond motifs is 1. The normalized spacial score (nSPS) is 19.6. The van der Waals surface area contributed by atoms with Gasteiger partial charge in [-0.15, -0.1) is 0 Å². The molecule has 22 heavy (non-hydrogen) atoms. The molecule has 1 atom stereocenters. The van der Waals surface area contributed by atoms with Crippen LogP contribution in [0.25, 0.3) is 0 Å². The molecule has 1 amide bonds. The van der Waals surface area contributed by atoms with Crippen LogP contribution < -0.4 is 4.90 Å². The molecule has 0 fully saturated rings. The smallest absolute Gasteiger partial charge is 0.261 e. The predicted molar refractivity (Wildman–Crippen MR) is 86.8 cm³/mol. The van der Waals surface area contributed by atoms with Gasteiger partial charge in [-0.3, -0.25) is 4.79 Å². The van der Waals surface area contributed by atoms with Gasteiger partial charge in [0, 0.05) is 11.2 Å². The van der Waals surface area contributed by atoms with E-state index >= 15 is 0 Å². The summed E-state index contributed by atoms with van der Waals surface area (Å²) in [5, 5.41) is 0. The second kappa shape index (κ2) is 5.24. The van der Waals surface area contributed by atoms with Gasteiger partial charge in [-0.25, -0.2) is 4.39 Å². The molecular formula is C19H20FNO. The molecule has 0 N–H and O–H groups in total. The minimum Gasteiger partial charge on any atom is -0.302 e. The van der Waals surface area contributed by atoms with Gasteiger partial charge in [0.25, 0.3) is 5.91 Å². The second-order valence-electron chi connectivity index (χ2n) is 6.60. The standard InChI is InChI=1S/C19H20FNO/c1-13-12-19(2,3)21(17-11-7-5-8-14(13)17)18(22)15-9-4-6-10-16(15)20/h4-11,13H,12H2,1-3H3. The van der Waals surface area contributed by atoms with Crippen LogP contribution in [0.3, 0.4) is 0 Å². The third kappa shape index (κ3) is 2.31. The molecule has 0 bridgehead atoms. The number of rotatable bonds is 1. The monoisotopic (exact) mass is 297 g/mol. The molecule has 3 heteroatoms. The van der Waals surface area contributed by atoms with Gasteiger partial charge >= 0.3 is 0 Å². The van der Waals surface area contributed by atoms with E-state index in [9.17, 15) is 9.18 Å². The van der Waals surface area contributed by atoms with Gasteiger partial charge in [-0.2, -0.15) is 0 Å². The number of carbonyl (C=O) groups is 1. The second-order valence-corrected chi connectivity index (χ2v) is 6.60. The molecule has 0 aromatic heterocycles. The van der Waals surface area contributed by atoms with Crippen molar-refractivity contribution < 1.29 is 9.18 Å². The molecule has 2 aromatic carbocycles. The van der Waals surface area contributed by atoms with Gasteiger partial charge in [0.1, 0.15) is 5.82 Å². The van der Waals surface area contributed by atoms with E-state index in [0.717, 1.165) is 17.7 Å². The Balaban J connectivity index is 2.14. The number of anilines is 1. The number of hydrogen-bond donors (Lipinski definition) is 0. The maximum atomic E-state index is 14.1. The number of amides is 1. The Morgan fingerprint density at radius 2 is 1.77 bits per heavy atom. The van der Waals surface area contributed by atoms with E-state index in [-0.39, 0.29) is 17.0 Å². The summed E-state index contributed by atoms with van der Waals surface area (Å²) in [7, 11) is 0. The zero-order chi connectivity index (χ0) is 15.9. The average molecular weight is 297 g/mol. The molecule has 1 heterocycles. The quantitative estimate of drug-likeness (QED) is 0.743. The highest BCUT2D eigenvalue weighted by atomic mass is 19.1. The van der Waals surface area contributed by atoms with Crippen molar-refractivity contribution in [2.75, 3.05) is 4.90 Å². The summed E-state index contributed by atoms with van der Waals surface area (Å²) < 4.78 is 14.1. The van der Waals surface area contributed by atoms with Crippen LogP contribution >= 0.6 is 0 Å². The first-order valence-electron chi connectivity index (χ1n) is 7.60. The Labute approximate surface area is 130 Å². The third-order valence-electron chi connectivity index (χ3n) is 4.43. The Morgan fingerprint density at radius 1 is 1.14 bits per heavy atom. The lowest BCUT2D eigenvalue weighted by atomic mass is 9.79. The van der Waals surface area contributed by atoms with Crippen LogP contribution in [-0.4, -0.2) is 11.4 Å². The number of hydrogen-bond acceptors (Lipinski definition) is 1. The Kier molecular flexibility index (Phi) is 3.51. The van der Waals surface area contributed by atoms with Gasteiger partial charge < -0.3 is 4.90 Å². The van der Waals surface area contributed by atoms with Gasteiger partial charge in [-0.05, 0) is 49.9 Å². The first kappa shape index (κ1) is 14.8. The molecular weight excluding hydrogens is 277 g/mol. The fourth-order valence-electron chi connectivity index (χ4n) is 3.52. The molecule has 2 aromatic rings. The van der Waals surface area contributed by atoms with Gasteiger partial charge in [0.15, 0.2) is 0 Å². The zero-order valence-electron chi connectivity index (χ0n) is 13.1. The maximum absolute atomic E-state index is 14.1. The van der Waals surface area contributed by atoms with E-state index in [2.05, 4.69) is 13.0 Å². The highest BCUT2D eigenvalue weighted by molar-refractivity contribution is 6.08. The van der Waals surface area contributed by atoms with Crippen molar-refractivity contribution in [2.24, 2.45) is 0 Å². The molecule has 0 aliphatic carbocycles. The topological polar surface area (TPSA) is 20.3 Å². The number of para-hydroxylation sites is 1. The zero-order valence-corrected chi connectivity index (χ0v) is 13.1. The molecule has 1 aliphatic heterocycles. The summed E-state index contributed by atoms with van der Waals surface area (Å²) in [5.74, 6) is -0.377. The van der Waals surface area contributed by atoms with Crippen LogP contribution in [-0.2, 0) is 0 Å². The number of halogens is 1.